The normalized spacial score (nSPS) is 18.8. The summed E-state index contributed by atoms with van der Waals surface area (Å²) in [5, 5.41) is 13.5. The van der Waals surface area contributed by atoms with E-state index in [9.17, 15) is 27.9 Å². The van der Waals surface area contributed by atoms with Gasteiger partial charge < -0.3 is 25.0 Å². The van der Waals surface area contributed by atoms with Crippen LogP contribution < -0.4 is 15.0 Å². The summed E-state index contributed by atoms with van der Waals surface area (Å²) in [5.74, 6) is -0.0649. The van der Waals surface area contributed by atoms with Gasteiger partial charge >= 0.3 is 6.18 Å². The highest BCUT2D eigenvalue weighted by molar-refractivity contribution is 6.32. The molecule has 2 N–H and O–H groups in total. The smallest absolute Gasteiger partial charge is 0.430 e. The van der Waals surface area contributed by atoms with Crippen molar-refractivity contribution in [1.82, 2.24) is 15.2 Å². The summed E-state index contributed by atoms with van der Waals surface area (Å²) >= 11 is 6.20. The Morgan fingerprint density at radius 3 is 2.25 bits per heavy atom. The molecular weight excluding hydrogens is 549 g/mol. The van der Waals surface area contributed by atoms with Crippen LogP contribution in [0.5, 0.6) is 5.75 Å². The van der Waals surface area contributed by atoms with Crippen LogP contribution in [0.25, 0.3) is 0 Å². The van der Waals surface area contributed by atoms with Crippen molar-refractivity contribution in [2.24, 2.45) is 11.8 Å². The van der Waals surface area contributed by atoms with Crippen molar-refractivity contribution in [3.05, 3.63) is 52.7 Å². The van der Waals surface area contributed by atoms with Crippen molar-refractivity contribution in [3.8, 4) is 5.75 Å². The standard InChI is InChI=1S/C28H34ClF3N4O4/c1-33-25(37)22-6-7-23(34-24(22)29)35-12-8-18(9-13-35)16-19-10-14-36(15-11-19)26(38)27(39,28(30,31)32)20-4-3-5-21(17-20)40-2/h3-7,17-19,39H,8-16H2,1-2H3,(H,33,37). The Hall–Kier alpha value is -3.05. The van der Waals surface area contributed by atoms with E-state index in [0.717, 1.165) is 55.2 Å². The first-order valence-electron chi connectivity index (χ1n) is 13.3. The monoisotopic (exact) mass is 582 g/mol. The number of nitrogens with one attached hydrogen (secondary N) is 1. The van der Waals surface area contributed by atoms with Gasteiger partial charge in [-0.2, -0.15) is 13.2 Å². The molecule has 0 aliphatic carbocycles. The zero-order valence-corrected chi connectivity index (χ0v) is 23.3. The van der Waals surface area contributed by atoms with Gasteiger partial charge in [0.05, 0.1) is 12.7 Å². The first kappa shape index (κ1) is 29.9. The second kappa shape index (κ2) is 12.2. The number of hydrogen-bond acceptors (Lipinski definition) is 6. The number of ether oxygens (including phenoxy) is 1. The Morgan fingerprint density at radius 2 is 1.70 bits per heavy atom. The number of anilines is 1. The third-order valence-corrected chi connectivity index (χ3v) is 8.31. The van der Waals surface area contributed by atoms with E-state index in [2.05, 4.69) is 15.2 Å². The molecule has 2 aliphatic heterocycles. The van der Waals surface area contributed by atoms with Crippen LogP contribution in [0.2, 0.25) is 5.15 Å². The number of alkyl halides is 3. The fourth-order valence-corrected chi connectivity index (χ4v) is 5.87. The van der Waals surface area contributed by atoms with E-state index in [0.29, 0.717) is 24.3 Å². The van der Waals surface area contributed by atoms with Gasteiger partial charge in [-0.05, 0) is 68.2 Å². The van der Waals surface area contributed by atoms with Gasteiger partial charge in [-0.3, -0.25) is 9.59 Å². The number of rotatable bonds is 7. The summed E-state index contributed by atoms with van der Waals surface area (Å²) in [4.78, 5) is 32.6. The first-order valence-corrected chi connectivity index (χ1v) is 13.7. The van der Waals surface area contributed by atoms with Gasteiger partial charge in [-0.25, -0.2) is 4.98 Å². The van der Waals surface area contributed by atoms with E-state index in [1.807, 2.05) is 0 Å². The quantitative estimate of drug-likeness (QED) is 0.470. The van der Waals surface area contributed by atoms with Gasteiger partial charge in [0.2, 0.25) is 0 Å². The van der Waals surface area contributed by atoms with E-state index in [-0.39, 0.29) is 35.8 Å². The van der Waals surface area contributed by atoms with Crippen LogP contribution in [-0.2, 0) is 10.4 Å². The largest absolute Gasteiger partial charge is 0.497 e. The van der Waals surface area contributed by atoms with Gasteiger partial charge in [0.1, 0.15) is 16.7 Å². The number of carbonyl (C=O) groups excluding carboxylic acids is 2. The maximum atomic E-state index is 14.1. The molecule has 218 valence electrons. The Kier molecular flexibility index (Phi) is 9.14. The minimum Gasteiger partial charge on any atom is -0.497 e. The molecule has 4 rings (SSSR count). The number of nitrogens with zero attached hydrogens (tertiary/aromatic N) is 3. The fraction of sp³-hybridized carbons (Fsp3) is 0.536. The molecule has 0 spiro atoms. The van der Waals surface area contributed by atoms with E-state index in [1.54, 1.807) is 12.1 Å². The predicted octanol–water partition coefficient (Wildman–Crippen LogP) is 4.40. The van der Waals surface area contributed by atoms with Crippen molar-refractivity contribution in [3.63, 3.8) is 0 Å². The Labute approximate surface area is 236 Å². The van der Waals surface area contributed by atoms with Crippen LogP contribution in [0, 0.1) is 11.8 Å². The maximum Gasteiger partial charge on any atom is 0.430 e. The average molecular weight is 583 g/mol. The van der Waals surface area contributed by atoms with Gasteiger partial charge in [-0.15, -0.1) is 0 Å². The van der Waals surface area contributed by atoms with Crippen LogP contribution in [-0.4, -0.2) is 73.3 Å². The van der Waals surface area contributed by atoms with E-state index < -0.39 is 23.2 Å². The summed E-state index contributed by atoms with van der Waals surface area (Å²) < 4.78 is 47.3. The molecule has 2 aromatic rings. The molecular formula is C28H34ClF3N4O4. The van der Waals surface area contributed by atoms with E-state index in [4.69, 9.17) is 16.3 Å². The number of carbonyl (C=O) groups is 2. The minimum absolute atomic E-state index is 0.123. The topological polar surface area (TPSA) is 95.0 Å². The van der Waals surface area contributed by atoms with Crippen molar-refractivity contribution in [2.75, 3.05) is 45.2 Å². The third kappa shape index (κ3) is 6.15. The molecule has 1 aromatic heterocycles. The molecule has 2 saturated heterocycles. The molecule has 1 atom stereocenters. The van der Waals surface area contributed by atoms with E-state index in [1.165, 1.54) is 26.3 Å². The third-order valence-electron chi connectivity index (χ3n) is 8.02. The molecule has 2 fully saturated rings. The lowest BCUT2D eigenvalue weighted by Crippen LogP contribution is -2.57. The molecule has 1 aromatic carbocycles. The molecule has 1 unspecified atom stereocenters. The van der Waals surface area contributed by atoms with Crippen molar-refractivity contribution in [2.45, 2.75) is 43.9 Å². The van der Waals surface area contributed by atoms with Crippen molar-refractivity contribution < 1.29 is 32.6 Å². The van der Waals surface area contributed by atoms with Crippen LogP contribution in [0.3, 0.4) is 0 Å². The first-order chi connectivity index (χ1) is 19.0. The zero-order chi connectivity index (χ0) is 29.1. The summed E-state index contributed by atoms with van der Waals surface area (Å²) in [7, 11) is 2.84. The summed E-state index contributed by atoms with van der Waals surface area (Å²) in [5.41, 5.74) is -3.88. The second-order valence-electron chi connectivity index (χ2n) is 10.4. The average Bonchev–Trinajstić information content (AvgIpc) is 2.96. The van der Waals surface area contributed by atoms with Crippen LogP contribution >= 0.6 is 11.6 Å². The molecule has 0 bridgehead atoms. The Morgan fingerprint density at radius 1 is 1.07 bits per heavy atom. The fourth-order valence-electron chi connectivity index (χ4n) is 5.63. The lowest BCUT2D eigenvalue weighted by molar-refractivity contribution is -0.262. The highest BCUT2D eigenvalue weighted by Gasteiger charge is 2.62. The van der Waals surface area contributed by atoms with Gasteiger partial charge in [0, 0.05) is 38.8 Å². The minimum atomic E-state index is -5.19. The lowest BCUT2D eigenvalue weighted by atomic mass is 9.82. The second-order valence-corrected chi connectivity index (χ2v) is 10.8. The van der Waals surface area contributed by atoms with Crippen LogP contribution in [0.4, 0.5) is 19.0 Å². The molecule has 40 heavy (non-hydrogen) atoms. The van der Waals surface area contributed by atoms with Gasteiger partial charge in [0.15, 0.2) is 0 Å². The molecule has 0 radical (unpaired) electrons. The SMILES string of the molecule is CNC(=O)c1ccc(N2CCC(CC3CCN(C(=O)C(O)(c4cccc(OC)c4)C(F)(F)F)CC3)CC2)nc1Cl. The molecule has 2 aliphatic rings. The van der Waals surface area contributed by atoms with Crippen molar-refractivity contribution >= 4 is 29.2 Å². The number of aromatic nitrogens is 1. The molecule has 3 heterocycles. The molecule has 0 saturated carbocycles. The summed E-state index contributed by atoms with van der Waals surface area (Å²) in [6.07, 6.45) is -1.24. The Bertz CT molecular complexity index is 1210. The van der Waals surface area contributed by atoms with Crippen molar-refractivity contribution in [1.29, 1.82) is 0 Å². The molecule has 2 amide bonds. The number of halogens is 4. The molecule has 8 nitrogen and oxygen atoms in total. The maximum absolute atomic E-state index is 14.1. The number of pyridine rings is 1. The predicted molar refractivity (Wildman–Crippen MR) is 144 cm³/mol. The molecule has 12 heteroatoms. The number of hydrogen-bond donors (Lipinski definition) is 2. The number of amides is 2. The zero-order valence-electron chi connectivity index (χ0n) is 22.5. The van der Waals surface area contributed by atoms with E-state index >= 15 is 0 Å². The highest BCUT2D eigenvalue weighted by atomic mass is 35.5. The lowest BCUT2D eigenvalue weighted by Gasteiger charge is -2.40. The van der Waals surface area contributed by atoms with Crippen LogP contribution in [0.1, 0.15) is 48.0 Å². The van der Waals surface area contributed by atoms with Crippen LogP contribution in [0.15, 0.2) is 36.4 Å². The summed E-state index contributed by atoms with van der Waals surface area (Å²) in [6, 6.07) is 8.36. The highest BCUT2D eigenvalue weighted by Crippen LogP contribution is 2.42. The van der Waals surface area contributed by atoms with Gasteiger partial charge in [0.25, 0.3) is 17.4 Å². The number of methoxy groups -OCH3 is 1. The van der Waals surface area contributed by atoms with Gasteiger partial charge in [-0.1, -0.05) is 23.7 Å². The number of benzene rings is 1. The Balaban J connectivity index is 1.31. The number of aliphatic hydroxyl groups is 1. The summed E-state index contributed by atoms with van der Waals surface area (Å²) in [6.45, 7) is 1.88. The number of piperidine rings is 2. The number of likely N-dealkylation sites (tertiary alicyclic amines) is 1.